The summed E-state index contributed by atoms with van der Waals surface area (Å²) in [6.45, 7) is 7.63. The molecule has 2 aromatic carbocycles. The van der Waals surface area contributed by atoms with Crippen LogP contribution in [0.3, 0.4) is 0 Å². The van der Waals surface area contributed by atoms with Crippen LogP contribution in [0.1, 0.15) is 37.6 Å². The third-order valence-electron chi connectivity index (χ3n) is 5.15. The van der Waals surface area contributed by atoms with Gasteiger partial charge in [0.25, 0.3) is 5.91 Å². The van der Waals surface area contributed by atoms with Crippen LogP contribution < -0.4 is 19.9 Å². The fraction of sp³-hybridized carbons (Fsp3) is 0.348. The first kappa shape index (κ1) is 21.4. The number of nitrogens with zero attached hydrogens (tertiary/aromatic N) is 2. The Bertz CT molecular complexity index is 936. The molecule has 1 aliphatic heterocycles. The Hall–Kier alpha value is -3.35. The molecule has 2 amide bonds. The smallest absolute Gasteiger partial charge is 0.265 e. The van der Waals surface area contributed by atoms with Crippen molar-refractivity contribution in [3.63, 3.8) is 0 Å². The third kappa shape index (κ3) is 4.79. The van der Waals surface area contributed by atoms with Crippen LogP contribution in [-0.4, -0.2) is 43.8 Å². The molecule has 7 nitrogen and oxygen atoms in total. The number of nitrogens with one attached hydrogen (secondary N) is 1. The molecule has 7 heteroatoms. The van der Waals surface area contributed by atoms with Crippen molar-refractivity contribution in [2.24, 2.45) is 0 Å². The maximum absolute atomic E-state index is 12.4. The Labute approximate surface area is 176 Å². The summed E-state index contributed by atoms with van der Waals surface area (Å²) in [4.78, 5) is 40.2. The van der Waals surface area contributed by atoms with Crippen molar-refractivity contribution in [1.82, 2.24) is 0 Å². The summed E-state index contributed by atoms with van der Waals surface area (Å²) in [7, 11) is 0. The SMILES string of the molecule is CCN(CC)c1ccc(NC(=O)CCN2C(=O)COc3ccc(C(C)=O)cc32)cc1. The zero-order chi connectivity index (χ0) is 21.7. The van der Waals surface area contributed by atoms with E-state index in [0.29, 0.717) is 22.7 Å². The highest BCUT2D eigenvalue weighted by molar-refractivity contribution is 6.02. The highest BCUT2D eigenvalue weighted by Crippen LogP contribution is 2.33. The molecule has 0 saturated carbocycles. The Morgan fingerprint density at radius 3 is 2.43 bits per heavy atom. The van der Waals surface area contributed by atoms with Gasteiger partial charge in [-0.15, -0.1) is 0 Å². The number of hydrogen-bond donors (Lipinski definition) is 1. The van der Waals surface area contributed by atoms with Crippen molar-refractivity contribution in [3.8, 4) is 5.75 Å². The average Bonchev–Trinajstić information content (AvgIpc) is 2.74. The first-order chi connectivity index (χ1) is 14.4. The van der Waals surface area contributed by atoms with Crippen LogP contribution in [0.5, 0.6) is 5.75 Å². The number of carbonyl (C=O) groups excluding carboxylic acids is 3. The van der Waals surface area contributed by atoms with Crippen molar-refractivity contribution in [2.75, 3.05) is 41.4 Å². The molecule has 158 valence electrons. The zero-order valence-electron chi connectivity index (χ0n) is 17.6. The van der Waals surface area contributed by atoms with Crippen LogP contribution in [0, 0.1) is 0 Å². The van der Waals surface area contributed by atoms with Gasteiger partial charge in [-0.25, -0.2) is 0 Å². The van der Waals surface area contributed by atoms with E-state index in [-0.39, 0.29) is 37.2 Å². The number of rotatable bonds is 8. The number of Topliss-reactive ketones (excluding diaryl/α,β-unsaturated/α-hetero) is 1. The number of hydrogen-bond acceptors (Lipinski definition) is 5. The van der Waals surface area contributed by atoms with Gasteiger partial charge in [-0.2, -0.15) is 0 Å². The highest BCUT2D eigenvalue weighted by Gasteiger charge is 2.26. The monoisotopic (exact) mass is 409 g/mol. The van der Waals surface area contributed by atoms with Crippen LogP contribution in [0.25, 0.3) is 0 Å². The molecule has 0 saturated heterocycles. The first-order valence-electron chi connectivity index (χ1n) is 10.2. The second-order valence-corrected chi connectivity index (χ2v) is 7.09. The summed E-state index contributed by atoms with van der Waals surface area (Å²) in [5.74, 6) is 0.0161. The van der Waals surface area contributed by atoms with Crippen molar-refractivity contribution >= 4 is 34.7 Å². The second-order valence-electron chi connectivity index (χ2n) is 7.09. The number of amides is 2. The normalized spacial score (nSPS) is 12.8. The number of anilines is 3. The molecule has 0 unspecified atom stereocenters. The zero-order valence-corrected chi connectivity index (χ0v) is 17.6. The van der Waals surface area contributed by atoms with Gasteiger partial charge in [0.2, 0.25) is 5.91 Å². The molecule has 3 rings (SSSR count). The molecular formula is C23H27N3O4. The maximum Gasteiger partial charge on any atom is 0.265 e. The molecule has 0 aliphatic carbocycles. The summed E-state index contributed by atoms with van der Waals surface area (Å²) in [5, 5.41) is 2.87. The first-order valence-corrected chi connectivity index (χ1v) is 10.2. The van der Waals surface area contributed by atoms with Crippen LogP contribution in [0.4, 0.5) is 17.1 Å². The van der Waals surface area contributed by atoms with Crippen LogP contribution in [-0.2, 0) is 9.59 Å². The standard InChI is InChI=1S/C23H27N3O4/c1-4-25(5-2)19-9-7-18(8-10-19)24-22(28)12-13-26-20-14-17(16(3)27)6-11-21(20)30-15-23(26)29/h6-11,14H,4-5,12-13,15H2,1-3H3,(H,24,28). The van der Waals surface area contributed by atoms with E-state index in [1.807, 2.05) is 24.3 Å². The molecule has 2 aromatic rings. The third-order valence-corrected chi connectivity index (χ3v) is 5.15. The van der Waals surface area contributed by atoms with E-state index in [0.717, 1.165) is 18.8 Å². The lowest BCUT2D eigenvalue weighted by molar-refractivity contribution is -0.121. The van der Waals surface area contributed by atoms with E-state index in [2.05, 4.69) is 24.1 Å². The van der Waals surface area contributed by atoms with Gasteiger partial charge in [-0.3, -0.25) is 14.4 Å². The Morgan fingerprint density at radius 2 is 1.80 bits per heavy atom. The van der Waals surface area contributed by atoms with E-state index < -0.39 is 0 Å². The maximum atomic E-state index is 12.4. The predicted molar refractivity (Wildman–Crippen MR) is 118 cm³/mol. The Kier molecular flexibility index (Phi) is 6.72. The predicted octanol–water partition coefficient (Wildman–Crippen LogP) is 3.49. The molecule has 0 aromatic heterocycles. The van der Waals surface area contributed by atoms with Gasteiger partial charge in [0.05, 0.1) is 5.69 Å². The topological polar surface area (TPSA) is 79.0 Å². The fourth-order valence-corrected chi connectivity index (χ4v) is 3.45. The fourth-order valence-electron chi connectivity index (χ4n) is 3.45. The van der Waals surface area contributed by atoms with E-state index in [1.165, 1.54) is 11.8 Å². The van der Waals surface area contributed by atoms with Crippen LogP contribution in [0.15, 0.2) is 42.5 Å². The molecular weight excluding hydrogens is 382 g/mol. The van der Waals surface area contributed by atoms with Gasteiger partial charge in [0.15, 0.2) is 12.4 Å². The van der Waals surface area contributed by atoms with Crippen molar-refractivity contribution in [1.29, 1.82) is 0 Å². The van der Waals surface area contributed by atoms with Crippen molar-refractivity contribution in [2.45, 2.75) is 27.2 Å². The summed E-state index contributed by atoms with van der Waals surface area (Å²) in [6.07, 6.45) is 0.132. The van der Waals surface area contributed by atoms with Gasteiger partial charge in [-0.05, 0) is 63.2 Å². The van der Waals surface area contributed by atoms with Gasteiger partial charge in [-0.1, -0.05) is 0 Å². The Balaban J connectivity index is 1.64. The van der Waals surface area contributed by atoms with Crippen LogP contribution in [0.2, 0.25) is 0 Å². The van der Waals surface area contributed by atoms with E-state index in [9.17, 15) is 14.4 Å². The van der Waals surface area contributed by atoms with Gasteiger partial charge < -0.3 is 19.9 Å². The van der Waals surface area contributed by atoms with E-state index in [1.54, 1.807) is 18.2 Å². The molecule has 1 heterocycles. The highest BCUT2D eigenvalue weighted by atomic mass is 16.5. The number of fused-ring (bicyclic) bond motifs is 1. The molecule has 1 aliphatic rings. The minimum Gasteiger partial charge on any atom is -0.482 e. The second kappa shape index (κ2) is 9.43. The van der Waals surface area contributed by atoms with Crippen molar-refractivity contribution in [3.05, 3.63) is 48.0 Å². The summed E-state index contributed by atoms with van der Waals surface area (Å²) in [5.41, 5.74) is 2.84. The molecule has 0 bridgehead atoms. The molecule has 0 spiro atoms. The summed E-state index contributed by atoms with van der Waals surface area (Å²) in [6, 6.07) is 12.7. The minimum absolute atomic E-state index is 0.0825. The van der Waals surface area contributed by atoms with E-state index in [4.69, 9.17) is 4.74 Å². The minimum atomic E-state index is -0.237. The van der Waals surface area contributed by atoms with Gasteiger partial charge in [0, 0.05) is 43.0 Å². The number of carbonyl (C=O) groups is 3. The van der Waals surface area contributed by atoms with Crippen LogP contribution >= 0.6 is 0 Å². The average molecular weight is 409 g/mol. The number of ether oxygens (including phenoxy) is 1. The molecule has 0 fully saturated rings. The molecule has 30 heavy (non-hydrogen) atoms. The lowest BCUT2D eigenvalue weighted by Gasteiger charge is -2.29. The molecule has 0 atom stereocenters. The summed E-state index contributed by atoms with van der Waals surface area (Å²) < 4.78 is 5.45. The van der Waals surface area contributed by atoms with E-state index >= 15 is 0 Å². The lowest BCUT2D eigenvalue weighted by atomic mass is 10.1. The molecule has 1 N–H and O–H groups in total. The lowest BCUT2D eigenvalue weighted by Crippen LogP contribution is -2.40. The molecule has 0 radical (unpaired) electrons. The number of benzene rings is 2. The quantitative estimate of drug-likeness (QED) is 0.675. The van der Waals surface area contributed by atoms with Gasteiger partial charge >= 0.3 is 0 Å². The number of ketones is 1. The van der Waals surface area contributed by atoms with Crippen molar-refractivity contribution < 1.29 is 19.1 Å². The summed E-state index contributed by atoms with van der Waals surface area (Å²) >= 11 is 0. The van der Waals surface area contributed by atoms with Gasteiger partial charge in [0.1, 0.15) is 5.75 Å². The largest absolute Gasteiger partial charge is 0.482 e. The Morgan fingerprint density at radius 1 is 1.10 bits per heavy atom.